The zero-order valence-corrected chi connectivity index (χ0v) is 17.2. The molecule has 1 aromatic heterocycles. The fourth-order valence-electron chi connectivity index (χ4n) is 3.38. The first-order valence-electron chi connectivity index (χ1n) is 10.3. The summed E-state index contributed by atoms with van der Waals surface area (Å²) in [5.74, 6) is -0.169. The van der Waals surface area contributed by atoms with Crippen LogP contribution in [0, 0.1) is 5.82 Å². The summed E-state index contributed by atoms with van der Waals surface area (Å²) in [5, 5.41) is 14.2. The van der Waals surface area contributed by atoms with E-state index in [4.69, 9.17) is 4.74 Å². The van der Waals surface area contributed by atoms with Crippen molar-refractivity contribution in [3.05, 3.63) is 66.6 Å². The minimum absolute atomic E-state index is 0.0435. The number of ether oxygens (including phenoxy) is 1. The number of nitrogens with zero attached hydrogens (tertiary/aromatic N) is 3. The molecule has 3 aromatic rings. The van der Waals surface area contributed by atoms with Gasteiger partial charge in [0.15, 0.2) is 23.5 Å². The lowest BCUT2D eigenvalue weighted by atomic mass is 10.2. The molecule has 160 valence electrons. The molecule has 2 N–H and O–H groups in total. The topological polar surface area (TPSA) is 79.4 Å². The number of carbonyl (C=O) groups is 1. The molecule has 31 heavy (non-hydrogen) atoms. The van der Waals surface area contributed by atoms with Crippen LogP contribution in [0.4, 0.5) is 27.3 Å². The van der Waals surface area contributed by atoms with E-state index in [9.17, 15) is 9.18 Å². The number of hydrogen-bond donors (Lipinski definition) is 2. The van der Waals surface area contributed by atoms with Crippen LogP contribution < -0.4 is 20.3 Å². The Morgan fingerprint density at radius 3 is 2.55 bits per heavy atom. The van der Waals surface area contributed by atoms with E-state index in [-0.39, 0.29) is 11.7 Å². The number of halogens is 1. The van der Waals surface area contributed by atoms with Crippen LogP contribution in [0.2, 0.25) is 0 Å². The first kappa shape index (κ1) is 20.6. The van der Waals surface area contributed by atoms with E-state index in [2.05, 4.69) is 25.7 Å². The van der Waals surface area contributed by atoms with Gasteiger partial charge in [-0.05, 0) is 56.2 Å². The van der Waals surface area contributed by atoms with Crippen molar-refractivity contribution in [2.75, 3.05) is 28.6 Å². The van der Waals surface area contributed by atoms with Crippen LogP contribution in [0.15, 0.2) is 60.8 Å². The maximum Gasteiger partial charge on any atom is 0.265 e. The Bertz CT molecular complexity index is 1040. The number of para-hydroxylation sites is 1. The summed E-state index contributed by atoms with van der Waals surface area (Å²) in [6.07, 6.45) is 3.32. The standard InChI is InChI=1S/C23H24FN5O2/c1-16(31-21-7-3-2-6-20(21)24)23(30)27-18-10-8-17(9-11-18)26-22-14-19(15-25-28-22)29-12-4-5-13-29/h2-3,6-11,14-16H,4-5,12-13H2,1H3,(H,26,28)(H,27,30). The summed E-state index contributed by atoms with van der Waals surface area (Å²) in [7, 11) is 0. The number of aromatic nitrogens is 2. The molecular formula is C23H24FN5O2. The second-order valence-corrected chi connectivity index (χ2v) is 7.38. The molecule has 0 bridgehead atoms. The first-order chi connectivity index (χ1) is 15.1. The van der Waals surface area contributed by atoms with Gasteiger partial charge in [-0.25, -0.2) is 4.39 Å². The SMILES string of the molecule is CC(Oc1ccccc1F)C(=O)Nc1ccc(Nc2cc(N3CCCC3)cnn2)cc1. The maximum absolute atomic E-state index is 13.7. The van der Waals surface area contributed by atoms with Gasteiger partial charge < -0.3 is 20.3 Å². The van der Waals surface area contributed by atoms with E-state index < -0.39 is 11.9 Å². The molecule has 1 amide bonds. The van der Waals surface area contributed by atoms with Gasteiger partial charge in [0.25, 0.3) is 5.91 Å². The van der Waals surface area contributed by atoms with Gasteiger partial charge in [0.05, 0.1) is 11.9 Å². The largest absolute Gasteiger partial charge is 0.478 e. The lowest BCUT2D eigenvalue weighted by molar-refractivity contribution is -0.122. The van der Waals surface area contributed by atoms with Crippen molar-refractivity contribution in [1.82, 2.24) is 10.2 Å². The molecule has 0 spiro atoms. The Balaban J connectivity index is 1.34. The van der Waals surface area contributed by atoms with Crippen LogP contribution in [0.25, 0.3) is 0 Å². The van der Waals surface area contributed by atoms with Gasteiger partial charge in [0.1, 0.15) is 0 Å². The molecule has 0 aliphatic carbocycles. The van der Waals surface area contributed by atoms with E-state index in [1.807, 2.05) is 18.2 Å². The van der Waals surface area contributed by atoms with E-state index in [1.165, 1.54) is 25.0 Å². The maximum atomic E-state index is 13.7. The van der Waals surface area contributed by atoms with Crippen LogP contribution in [-0.2, 0) is 4.79 Å². The molecule has 8 heteroatoms. The van der Waals surface area contributed by atoms with Gasteiger partial charge in [0.2, 0.25) is 0 Å². The molecule has 1 unspecified atom stereocenters. The molecule has 1 aliphatic heterocycles. The van der Waals surface area contributed by atoms with Crippen molar-refractivity contribution in [2.45, 2.75) is 25.9 Å². The number of rotatable bonds is 7. The fourth-order valence-corrected chi connectivity index (χ4v) is 3.38. The lowest BCUT2D eigenvalue weighted by Gasteiger charge is -2.17. The van der Waals surface area contributed by atoms with Crippen LogP contribution in [0.1, 0.15) is 19.8 Å². The molecule has 0 radical (unpaired) electrons. The van der Waals surface area contributed by atoms with Crippen LogP contribution in [-0.4, -0.2) is 35.3 Å². The van der Waals surface area contributed by atoms with Gasteiger partial charge in [-0.15, -0.1) is 5.10 Å². The lowest BCUT2D eigenvalue weighted by Crippen LogP contribution is -2.30. The van der Waals surface area contributed by atoms with Gasteiger partial charge in [0, 0.05) is 30.5 Å². The second kappa shape index (κ2) is 9.42. The summed E-state index contributed by atoms with van der Waals surface area (Å²) in [5.41, 5.74) is 2.49. The Kier molecular flexibility index (Phi) is 6.26. The second-order valence-electron chi connectivity index (χ2n) is 7.38. The third kappa shape index (κ3) is 5.28. The highest BCUT2D eigenvalue weighted by Crippen LogP contribution is 2.24. The Labute approximate surface area is 180 Å². The predicted octanol–water partition coefficient (Wildman–Crippen LogP) is 4.37. The molecule has 2 heterocycles. The quantitative estimate of drug-likeness (QED) is 0.590. The normalized spacial score (nSPS) is 14.2. The van der Waals surface area contributed by atoms with Gasteiger partial charge in [-0.2, -0.15) is 5.10 Å². The molecule has 4 rings (SSSR count). The number of amides is 1. The van der Waals surface area contributed by atoms with E-state index in [0.29, 0.717) is 11.5 Å². The van der Waals surface area contributed by atoms with Crippen molar-refractivity contribution in [3.8, 4) is 5.75 Å². The van der Waals surface area contributed by atoms with E-state index in [0.717, 1.165) is 24.5 Å². The molecule has 7 nitrogen and oxygen atoms in total. The van der Waals surface area contributed by atoms with Crippen molar-refractivity contribution >= 4 is 28.8 Å². The molecule has 1 fully saturated rings. The average Bonchev–Trinajstić information content (AvgIpc) is 3.32. The Morgan fingerprint density at radius 1 is 1.10 bits per heavy atom. The third-order valence-corrected chi connectivity index (χ3v) is 5.05. The summed E-state index contributed by atoms with van der Waals surface area (Å²) in [6.45, 7) is 3.65. The highest BCUT2D eigenvalue weighted by Gasteiger charge is 2.17. The Hall–Kier alpha value is -3.68. The zero-order chi connectivity index (χ0) is 21.6. The molecular weight excluding hydrogens is 397 g/mol. The van der Waals surface area contributed by atoms with Gasteiger partial charge in [-0.3, -0.25) is 4.79 Å². The smallest absolute Gasteiger partial charge is 0.265 e. The van der Waals surface area contributed by atoms with Crippen molar-refractivity contribution < 1.29 is 13.9 Å². The van der Waals surface area contributed by atoms with Crippen molar-refractivity contribution in [3.63, 3.8) is 0 Å². The summed E-state index contributed by atoms with van der Waals surface area (Å²) < 4.78 is 19.1. The molecule has 0 saturated carbocycles. The van der Waals surface area contributed by atoms with Crippen LogP contribution >= 0.6 is 0 Å². The third-order valence-electron chi connectivity index (χ3n) is 5.05. The molecule has 1 aliphatic rings. The number of hydrogen-bond acceptors (Lipinski definition) is 6. The average molecular weight is 421 g/mol. The van der Waals surface area contributed by atoms with E-state index >= 15 is 0 Å². The predicted molar refractivity (Wildman–Crippen MR) is 118 cm³/mol. The summed E-state index contributed by atoms with van der Waals surface area (Å²) in [4.78, 5) is 14.7. The number of anilines is 4. The number of nitrogens with one attached hydrogen (secondary N) is 2. The first-order valence-corrected chi connectivity index (χ1v) is 10.3. The monoisotopic (exact) mass is 421 g/mol. The molecule has 2 aromatic carbocycles. The zero-order valence-electron chi connectivity index (χ0n) is 17.2. The fraction of sp³-hybridized carbons (Fsp3) is 0.261. The number of benzene rings is 2. The highest BCUT2D eigenvalue weighted by molar-refractivity contribution is 5.94. The minimum Gasteiger partial charge on any atom is -0.478 e. The Morgan fingerprint density at radius 2 is 1.81 bits per heavy atom. The van der Waals surface area contributed by atoms with Crippen LogP contribution in [0.5, 0.6) is 5.75 Å². The summed E-state index contributed by atoms with van der Waals surface area (Å²) >= 11 is 0. The summed E-state index contributed by atoms with van der Waals surface area (Å²) in [6, 6.07) is 15.2. The van der Waals surface area contributed by atoms with Crippen LogP contribution in [0.3, 0.4) is 0 Å². The van der Waals surface area contributed by atoms with E-state index in [1.54, 1.807) is 37.4 Å². The van der Waals surface area contributed by atoms with Gasteiger partial charge >= 0.3 is 0 Å². The molecule has 1 saturated heterocycles. The minimum atomic E-state index is -0.849. The molecule has 1 atom stereocenters. The van der Waals surface area contributed by atoms with Crippen molar-refractivity contribution in [1.29, 1.82) is 0 Å². The van der Waals surface area contributed by atoms with Gasteiger partial charge in [-0.1, -0.05) is 12.1 Å². The highest BCUT2D eigenvalue weighted by atomic mass is 19.1. The number of carbonyl (C=O) groups excluding carboxylic acids is 1. The van der Waals surface area contributed by atoms with Crippen molar-refractivity contribution in [2.24, 2.45) is 0 Å².